The molecule has 3 aromatic rings. The van der Waals surface area contributed by atoms with Gasteiger partial charge in [-0.3, -0.25) is 9.52 Å². The van der Waals surface area contributed by atoms with E-state index in [0.29, 0.717) is 16.4 Å². The highest BCUT2D eigenvalue weighted by molar-refractivity contribution is 7.92. The van der Waals surface area contributed by atoms with E-state index in [1.807, 2.05) is 38.1 Å². The minimum atomic E-state index is -3.74. The van der Waals surface area contributed by atoms with Crippen molar-refractivity contribution in [3.05, 3.63) is 94.5 Å². The molecule has 1 amide bonds. The molecule has 5 nitrogen and oxygen atoms in total. The topological polar surface area (TPSA) is 75.3 Å². The molecule has 2 N–H and O–H groups in total. The molecule has 0 aliphatic heterocycles. The molecule has 0 spiro atoms. The molecular formula is C23H21ClN2O3S. The van der Waals surface area contributed by atoms with Gasteiger partial charge in [-0.25, -0.2) is 8.42 Å². The van der Waals surface area contributed by atoms with E-state index in [9.17, 15) is 13.2 Å². The van der Waals surface area contributed by atoms with Gasteiger partial charge in [-0.2, -0.15) is 0 Å². The lowest BCUT2D eigenvalue weighted by Crippen LogP contribution is -2.14. The summed E-state index contributed by atoms with van der Waals surface area (Å²) in [6.07, 6.45) is 2.98. The minimum Gasteiger partial charge on any atom is -0.323 e. The fourth-order valence-electron chi connectivity index (χ4n) is 2.81. The van der Waals surface area contributed by atoms with Crippen LogP contribution in [0.25, 0.3) is 6.08 Å². The van der Waals surface area contributed by atoms with Crippen LogP contribution in [0.4, 0.5) is 11.4 Å². The molecule has 0 heterocycles. The largest absolute Gasteiger partial charge is 0.323 e. The Kier molecular flexibility index (Phi) is 6.59. The first-order valence-corrected chi connectivity index (χ1v) is 11.0. The van der Waals surface area contributed by atoms with Crippen molar-refractivity contribution in [2.45, 2.75) is 18.7 Å². The smallest absolute Gasteiger partial charge is 0.261 e. The molecule has 0 fully saturated rings. The van der Waals surface area contributed by atoms with Gasteiger partial charge in [0.25, 0.3) is 10.0 Å². The monoisotopic (exact) mass is 440 g/mol. The molecule has 30 heavy (non-hydrogen) atoms. The van der Waals surface area contributed by atoms with Crippen LogP contribution in [0.3, 0.4) is 0 Å². The second-order valence-electron chi connectivity index (χ2n) is 6.79. The summed E-state index contributed by atoms with van der Waals surface area (Å²) in [5.74, 6) is -0.348. The summed E-state index contributed by atoms with van der Waals surface area (Å²) in [5.41, 5.74) is 3.64. The van der Waals surface area contributed by atoms with E-state index in [1.165, 1.54) is 30.3 Å². The van der Waals surface area contributed by atoms with Crippen LogP contribution in [0.1, 0.15) is 16.7 Å². The number of rotatable bonds is 6. The average molecular weight is 441 g/mol. The lowest BCUT2D eigenvalue weighted by molar-refractivity contribution is -0.111. The molecule has 0 aromatic heterocycles. The molecule has 0 unspecified atom stereocenters. The fourth-order valence-corrected chi connectivity index (χ4v) is 4.14. The lowest BCUT2D eigenvalue weighted by Gasteiger charge is -2.11. The zero-order valence-corrected chi connectivity index (χ0v) is 18.1. The van der Waals surface area contributed by atoms with Gasteiger partial charge in [-0.1, -0.05) is 47.5 Å². The predicted molar refractivity (Wildman–Crippen MR) is 122 cm³/mol. The van der Waals surface area contributed by atoms with E-state index >= 15 is 0 Å². The van der Waals surface area contributed by atoms with Crippen LogP contribution in [-0.4, -0.2) is 14.3 Å². The molecule has 0 saturated heterocycles. The van der Waals surface area contributed by atoms with Gasteiger partial charge in [0.2, 0.25) is 5.91 Å². The number of sulfonamides is 1. The Bertz CT molecular complexity index is 1200. The molecular weight excluding hydrogens is 420 g/mol. The van der Waals surface area contributed by atoms with Gasteiger partial charge < -0.3 is 5.32 Å². The Labute approximate surface area is 181 Å². The highest BCUT2D eigenvalue weighted by Gasteiger charge is 2.15. The Balaban J connectivity index is 1.68. The van der Waals surface area contributed by atoms with Crippen LogP contribution in [0.5, 0.6) is 0 Å². The Morgan fingerprint density at radius 3 is 2.33 bits per heavy atom. The third-order valence-electron chi connectivity index (χ3n) is 4.38. The SMILES string of the molecule is Cc1ccc(NS(=O)(=O)c2ccc(NC(=O)/C=C/c3ccccc3Cl)cc2)c(C)c1. The van der Waals surface area contributed by atoms with Crippen molar-refractivity contribution in [1.29, 1.82) is 0 Å². The zero-order valence-electron chi connectivity index (χ0n) is 16.5. The zero-order chi connectivity index (χ0) is 21.7. The van der Waals surface area contributed by atoms with Crippen LogP contribution in [0, 0.1) is 13.8 Å². The van der Waals surface area contributed by atoms with Gasteiger partial charge in [0.1, 0.15) is 0 Å². The fraction of sp³-hybridized carbons (Fsp3) is 0.0870. The first-order chi connectivity index (χ1) is 14.2. The summed E-state index contributed by atoms with van der Waals surface area (Å²) >= 11 is 6.06. The normalized spacial score (nSPS) is 11.4. The van der Waals surface area contributed by atoms with Crippen molar-refractivity contribution >= 4 is 45.0 Å². The standard InChI is InChI=1S/C23H21ClN2O3S/c1-16-7-13-22(17(2)15-16)26-30(28,29)20-11-9-19(10-12-20)25-23(27)14-8-18-5-3-4-6-21(18)24/h3-15,26H,1-2H3,(H,25,27)/b14-8+. The number of hydrogen-bond donors (Lipinski definition) is 2. The van der Waals surface area contributed by atoms with Crippen LogP contribution in [-0.2, 0) is 14.8 Å². The summed E-state index contributed by atoms with van der Waals surface area (Å²) in [7, 11) is -3.74. The number of carbonyl (C=O) groups is 1. The van der Waals surface area contributed by atoms with Crippen LogP contribution in [0.15, 0.2) is 77.7 Å². The lowest BCUT2D eigenvalue weighted by atomic mass is 10.1. The molecule has 0 atom stereocenters. The summed E-state index contributed by atoms with van der Waals surface area (Å²) in [6, 6.07) is 18.6. The molecule has 0 radical (unpaired) electrons. The van der Waals surface area contributed by atoms with Crippen molar-refractivity contribution < 1.29 is 13.2 Å². The molecule has 0 aliphatic carbocycles. The second kappa shape index (κ2) is 9.15. The van der Waals surface area contributed by atoms with Gasteiger partial charge in [0.15, 0.2) is 0 Å². The number of nitrogens with one attached hydrogen (secondary N) is 2. The number of anilines is 2. The van der Waals surface area contributed by atoms with Crippen LogP contribution < -0.4 is 10.0 Å². The molecule has 0 aliphatic rings. The van der Waals surface area contributed by atoms with E-state index < -0.39 is 10.0 Å². The Hall–Kier alpha value is -3.09. The number of hydrogen-bond acceptors (Lipinski definition) is 3. The summed E-state index contributed by atoms with van der Waals surface area (Å²) in [4.78, 5) is 12.2. The maximum atomic E-state index is 12.6. The highest BCUT2D eigenvalue weighted by atomic mass is 35.5. The molecule has 0 bridgehead atoms. The van der Waals surface area contributed by atoms with Gasteiger partial charge in [0, 0.05) is 16.8 Å². The summed E-state index contributed by atoms with van der Waals surface area (Å²) in [5, 5.41) is 3.24. The van der Waals surface area contributed by atoms with Crippen LogP contribution in [0.2, 0.25) is 5.02 Å². The van der Waals surface area contributed by atoms with Crippen molar-refractivity contribution in [2.24, 2.45) is 0 Å². The Morgan fingerprint density at radius 1 is 0.967 bits per heavy atom. The summed E-state index contributed by atoms with van der Waals surface area (Å²) in [6.45, 7) is 3.79. The second-order valence-corrected chi connectivity index (χ2v) is 8.88. The quantitative estimate of drug-likeness (QED) is 0.503. The molecule has 7 heteroatoms. The number of halogens is 1. The maximum Gasteiger partial charge on any atom is 0.261 e. The Morgan fingerprint density at radius 2 is 1.67 bits per heavy atom. The van der Waals surface area contributed by atoms with Gasteiger partial charge in [-0.15, -0.1) is 0 Å². The van der Waals surface area contributed by atoms with E-state index in [2.05, 4.69) is 10.0 Å². The van der Waals surface area contributed by atoms with E-state index in [4.69, 9.17) is 11.6 Å². The van der Waals surface area contributed by atoms with Crippen molar-refractivity contribution in [1.82, 2.24) is 0 Å². The van der Waals surface area contributed by atoms with E-state index in [0.717, 1.165) is 16.7 Å². The van der Waals surface area contributed by atoms with E-state index in [1.54, 1.807) is 24.3 Å². The van der Waals surface area contributed by atoms with E-state index in [-0.39, 0.29) is 10.8 Å². The van der Waals surface area contributed by atoms with Crippen molar-refractivity contribution in [2.75, 3.05) is 10.0 Å². The third kappa shape index (κ3) is 5.49. The third-order valence-corrected chi connectivity index (χ3v) is 6.10. The molecule has 154 valence electrons. The van der Waals surface area contributed by atoms with Gasteiger partial charge in [0.05, 0.1) is 10.6 Å². The molecule has 3 rings (SSSR count). The first kappa shape index (κ1) is 21.6. The van der Waals surface area contributed by atoms with Gasteiger partial charge in [-0.05, 0) is 67.4 Å². The number of benzene rings is 3. The molecule has 0 saturated carbocycles. The van der Waals surface area contributed by atoms with Gasteiger partial charge >= 0.3 is 0 Å². The predicted octanol–water partition coefficient (Wildman–Crippen LogP) is 5.41. The minimum absolute atomic E-state index is 0.104. The number of amides is 1. The van der Waals surface area contributed by atoms with Crippen molar-refractivity contribution in [3.63, 3.8) is 0 Å². The maximum absolute atomic E-state index is 12.6. The molecule has 3 aromatic carbocycles. The van der Waals surface area contributed by atoms with Crippen LogP contribution >= 0.6 is 11.6 Å². The summed E-state index contributed by atoms with van der Waals surface area (Å²) < 4.78 is 27.9. The highest BCUT2D eigenvalue weighted by Crippen LogP contribution is 2.22. The number of aryl methyl sites for hydroxylation is 2. The first-order valence-electron chi connectivity index (χ1n) is 9.18. The number of carbonyl (C=O) groups excluding carboxylic acids is 1. The van der Waals surface area contributed by atoms with Crippen molar-refractivity contribution in [3.8, 4) is 0 Å². The average Bonchev–Trinajstić information content (AvgIpc) is 2.70.